The minimum atomic E-state index is -0.627. The van der Waals surface area contributed by atoms with Crippen LogP contribution in [0.25, 0.3) is 0 Å². The van der Waals surface area contributed by atoms with Crippen LogP contribution in [0.4, 0.5) is 0 Å². The number of hydrogen-bond acceptors (Lipinski definition) is 6. The van der Waals surface area contributed by atoms with Crippen molar-refractivity contribution in [2.75, 3.05) is 26.3 Å². The quantitative estimate of drug-likeness (QED) is 0.607. The van der Waals surface area contributed by atoms with Crippen molar-refractivity contribution < 1.29 is 23.9 Å². The van der Waals surface area contributed by atoms with Gasteiger partial charge in [-0.15, -0.1) is 0 Å². The Morgan fingerprint density at radius 2 is 1.93 bits per heavy atom. The number of ether oxygens (including phenoxy) is 2. The summed E-state index contributed by atoms with van der Waals surface area (Å²) in [4.78, 5) is 32.8. The Morgan fingerprint density at radius 1 is 1.23 bits per heavy atom. The molecule has 1 fully saturated rings. The second kappa shape index (κ2) is 9.96. The topological polar surface area (TPSA) is 77.4 Å². The van der Waals surface area contributed by atoms with Crippen molar-refractivity contribution in [3.63, 3.8) is 0 Å². The highest BCUT2D eigenvalue weighted by Crippen LogP contribution is 2.37. The zero-order chi connectivity index (χ0) is 21.6. The van der Waals surface area contributed by atoms with Gasteiger partial charge in [0.1, 0.15) is 5.75 Å². The molecule has 30 heavy (non-hydrogen) atoms. The largest absolute Gasteiger partial charge is 0.494 e. The van der Waals surface area contributed by atoms with E-state index in [0.29, 0.717) is 52.0 Å². The first-order valence-corrected chi connectivity index (χ1v) is 10.8. The second-order valence-electron chi connectivity index (χ2n) is 8.27. The van der Waals surface area contributed by atoms with Crippen LogP contribution in [0, 0.1) is 11.3 Å². The molecule has 0 bridgehead atoms. The third-order valence-electron chi connectivity index (χ3n) is 5.97. The highest BCUT2D eigenvalue weighted by Gasteiger charge is 2.45. The Labute approximate surface area is 178 Å². The number of piperidine rings is 1. The van der Waals surface area contributed by atoms with Gasteiger partial charge in [0.25, 0.3) is 5.91 Å². The van der Waals surface area contributed by atoms with Crippen molar-refractivity contribution in [1.82, 2.24) is 4.90 Å². The Bertz CT molecular complexity index is 754. The molecule has 2 aliphatic rings. The van der Waals surface area contributed by atoms with Crippen LogP contribution in [0.1, 0.15) is 46.5 Å². The molecule has 1 atom stereocenters. The number of carbonyl (C=O) groups excluding carboxylic acids is 2. The lowest BCUT2D eigenvalue weighted by atomic mass is 9.75. The van der Waals surface area contributed by atoms with Crippen LogP contribution in [0.2, 0.25) is 0 Å². The molecule has 0 radical (unpaired) electrons. The van der Waals surface area contributed by atoms with Crippen molar-refractivity contribution in [1.29, 1.82) is 0 Å². The minimum Gasteiger partial charge on any atom is -0.494 e. The van der Waals surface area contributed by atoms with Crippen LogP contribution >= 0.6 is 0 Å². The zero-order valence-corrected chi connectivity index (χ0v) is 18.1. The van der Waals surface area contributed by atoms with Crippen molar-refractivity contribution in [2.45, 2.75) is 52.6 Å². The smallest absolute Gasteiger partial charge is 0.312 e. The third kappa shape index (κ3) is 5.12. The normalized spacial score (nSPS) is 20.5. The maximum Gasteiger partial charge on any atom is 0.312 e. The summed E-state index contributed by atoms with van der Waals surface area (Å²) in [6.07, 6.45) is 1.67. The fourth-order valence-electron chi connectivity index (χ4n) is 3.95. The number of oxime groups is 1. The van der Waals surface area contributed by atoms with E-state index in [1.54, 1.807) is 4.90 Å². The van der Waals surface area contributed by atoms with E-state index in [4.69, 9.17) is 14.3 Å². The van der Waals surface area contributed by atoms with Crippen molar-refractivity contribution in [3.05, 3.63) is 30.3 Å². The standard InChI is InChI=1S/C23H32N2O5/c1-4-28-22(27)23(12-15-29-18-8-6-5-7-9-18)10-13-25(14-11-23)21(26)20-16-19(17(2)3)24-30-20/h5-9,17,20H,4,10-16H2,1-3H3/t20-/m0/s1. The van der Waals surface area contributed by atoms with Crippen molar-refractivity contribution in [2.24, 2.45) is 16.5 Å². The highest BCUT2D eigenvalue weighted by molar-refractivity contribution is 5.94. The van der Waals surface area contributed by atoms with Crippen LogP contribution in [-0.4, -0.2) is 54.9 Å². The van der Waals surface area contributed by atoms with E-state index in [1.165, 1.54) is 0 Å². The maximum atomic E-state index is 12.9. The lowest BCUT2D eigenvalue weighted by molar-refractivity contribution is -0.162. The molecule has 164 valence electrons. The number of benzene rings is 1. The lowest BCUT2D eigenvalue weighted by Gasteiger charge is -2.40. The summed E-state index contributed by atoms with van der Waals surface area (Å²) in [7, 11) is 0. The van der Waals surface area contributed by atoms with E-state index in [2.05, 4.69) is 5.16 Å². The number of carbonyl (C=O) groups is 2. The van der Waals surface area contributed by atoms with Gasteiger partial charge in [0.15, 0.2) is 0 Å². The van der Waals surface area contributed by atoms with E-state index in [9.17, 15) is 9.59 Å². The van der Waals surface area contributed by atoms with Crippen LogP contribution < -0.4 is 4.74 Å². The minimum absolute atomic E-state index is 0.0487. The maximum absolute atomic E-state index is 12.9. The van der Waals surface area contributed by atoms with E-state index in [1.807, 2.05) is 51.1 Å². The summed E-state index contributed by atoms with van der Waals surface area (Å²) in [5.41, 5.74) is 0.293. The van der Waals surface area contributed by atoms with Gasteiger partial charge in [-0.2, -0.15) is 0 Å². The zero-order valence-electron chi connectivity index (χ0n) is 18.1. The van der Waals surface area contributed by atoms with Crippen molar-refractivity contribution in [3.8, 4) is 5.75 Å². The molecule has 0 aromatic heterocycles. The first kappa shape index (κ1) is 22.1. The summed E-state index contributed by atoms with van der Waals surface area (Å²) in [5.74, 6) is 0.803. The molecule has 1 amide bonds. The van der Waals surface area contributed by atoms with Crippen molar-refractivity contribution >= 4 is 17.6 Å². The predicted molar refractivity (Wildman–Crippen MR) is 113 cm³/mol. The third-order valence-corrected chi connectivity index (χ3v) is 5.97. The molecular weight excluding hydrogens is 384 g/mol. The molecule has 0 spiro atoms. The summed E-state index contributed by atoms with van der Waals surface area (Å²) in [5, 5.41) is 4.06. The first-order valence-electron chi connectivity index (χ1n) is 10.8. The molecular formula is C23H32N2O5. The molecule has 7 nitrogen and oxygen atoms in total. The summed E-state index contributed by atoms with van der Waals surface area (Å²) < 4.78 is 11.2. The number of esters is 1. The van der Waals surface area contributed by atoms with Gasteiger partial charge < -0.3 is 19.2 Å². The van der Waals surface area contributed by atoms with Gasteiger partial charge in [0, 0.05) is 19.5 Å². The SMILES string of the molecule is CCOC(=O)C1(CCOc2ccccc2)CCN(C(=O)[C@@H]2CC(C(C)C)=NO2)CC1. The average molecular weight is 417 g/mol. The summed E-state index contributed by atoms with van der Waals surface area (Å²) >= 11 is 0. The fraction of sp³-hybridized carbons (Fsp3) is 0.609. The Hall–Kier alpha value is -2.57. The monoisotopic (exact) mass is 416 g/mol. The molecule has 0 saturated carbocycles. The van der Waals surface area contributed by atoms with Gasteiger partial charge in [0.2, 0.25) is 6.10 Å². The number of rotatable bonds is 8. The van der Waals surface area contributed by atoms with Crippen LogP contribution in [0.15, 0.2) is 35.5 Å². The van der Waals surface area contributed by atoms with Gasteiger partial charge >= 0.3 is 5.97 Å². The van der Waals surface area contributed by atoms with Crippen LogP contribution in [0.3, 0.4) is 0 Å². The van der Waals surface area contributed by atoms with E-state index in [-0.39, 0.29) is 17.8 Å². The summed E-state index contributed by atoms with van der Waals surface area (Å²) in [6, 6.07) is 9.56. The van der Waals surface area contributed by atoms with Gasteiger partial charge in [-0.05, 0) is 44.2 Å². The molecule has 2 heterocycles. The molecule has 3 rings (SSSR count). The Morgan fingerprint density at radius 3 is 2.53 bits per heavy atom. The molecule has 1 aromatic carbocycles. The van der Waals surface area contributed by atoms with Gasteiger partial charge in [0.05, 0.1) is 24.3 Å². The number of nitrogens with zero attached hydrogens (tertiary/aromatic N) is 2. The molecule has 1 saturated heterocycles. The molecule has 7 heteroatoms. The molecule has 0 N–H and O–H groups in total. The highest BCUT2D eigenvalue weighted by atomic mass is 16.6. The number of para-hydroxylation sites is 1. The van der Waals surface area contributed by atoms with E-state index < -0.39 is 11.5 Å². The second-order valence-corrected chi connectivity index (χ2v) is 8.27. The molecule has 0 aliphatic carbocycles. The first-order chi connectivity index (χ1) is 14.4. The van der Waals surface area contributed by atoms with Gasteiger partial charge in [-0.1, -0.05) is 37.2 Å². The average Bonchev–Trinajstić information content (AvgIpc) is 3.25. The summed E-state index contributed by atoms with van der Waals surface area (Å²) in [6.45, 7) is 7.67. The van der Waals surface area contributed by atoms with E-state index in [0.717, 1.165) is 11.5 Å². The molecule has 2 aliphatic heterocycles. The number of amides is 1. The molecule has 0 unspecified atom stereocenters. The van der Waals surface area contributed by atoms with Gasteiger partial charge in [-0.3, -0.25) is 9.59 Å². The number of hydrogen-bond donors (Lipinski definition) is 0. The van der Waals surface area contributed by atoms with Crippen LogP contribution in [-0.2, 0) is 19.2 Å². The van der Waals surface area contributed by atoms with E-state index >= 15 is 0 Å². The predicted octanol–water partition coefficient (Wildman–Crippen LogP) is 3.43. The molecule has 1 aromatic rings. The Balaban J connectivity index is 1.57. The number of likely N-dealkylation sites (tertiary alicyclic amines) is 1. The fourth-order valence-corrected chi connectivity index (χ4v) is 3.95. The van der Waals surface area contributed by atoms with Gasteiger partial charge in [-0.25, -0.2) is 0 Å². The van der Waals surface area contributed by atoms with Crippen LogP contribution in [0.5, 0.6) is 5.75 Å². The lowest BCUT2D eigenvalue weighted by Crippen LogP contribution is -2.50. The Kier molecular flexibility index (Phi) is 7.34.